The number of halogens is 2. The lowest BCUT2D eigenvalue weighted by atomic mass is 10.1. The van der Waals surface area contributed by atoms with Crippen LogP contribution in [0.4, 0.5) is 10.3 Å². The molecule has 0 saturated heterocycles. The van der Waals surface area contributed by atoms with E-state index < -0.39 is 0 Å². The number of nitrogens with zero attached hydrogens (tertiary/aromatic N) is 2. The largest absolute Gasteiger partial charge is 0.354 e. The monoisotopic (exact) mass is 323 g/mol. The van der Waals surface area contributed by atoms with Gasteiger partial charge in [0, 0.05) is 18.3 Å². The van der Waals surface area contributed by atoms with Gasteiger partial charge in [-0.3, -0.25) is 0 Å². The van der Waals surface area contributed by atoms with Crippen LogP contribution in [0.15, 0.2) is 28.9 Å². The zero-order valence-corrected chi connectivity index (χ0v) is 12.5. The fourth-order valence-electron chi connectivity index (χ4n) is 1.72. The second-order valence-corrected chi connectivity index (χ2v) is 5.11. The van der Waals surface area contributed by atoms with Gasteiger partial charge in [0.1, 0.15) is 5.82 Å². The summed E-state index contributed by atoms with van der Waals surface area (Å²) >= 11 is 3.19. The minimum absolute atomic E-state index is 0.300. The van der Waals surface area contributed by atoms with Gasteiger partial charge in [0.25, 0.3) is 0 Å². The summed E-state index contributed by atoms with van der Waals surface area (Å²) in [6, 6.07) is 5.19. The molecule has 0 spiro atoms. The minimum atomic E-state index is -0.300. The van der Waals surface area contributed by atoms with Gasteiger partial charge in [0.2, 0.25) is 5.95 Å². The molecule has 1 aromatic carbocycles. The van der Waals surface area contributed by atoms with Crippen LogP contribution in [0.3, 0.4) is 0 Å². The molecule has 3 nitrogen and oxygen atoms in total. The number of rotatable bonds is 4. The summed E-state index contributed by atoms with van der Waals surface area (Å²) in [6.45, 7) is 4.73. The third-order valence-corrected chi connectivity index (χ3v) is 3.32. The Labute approximate surface area is 120 Å². The zero-order chi connectivity index (χ0) is 13.8. The number of anilines is 1. The molecule has 1 N–H and O–H groups in total. The Bertz CT molecular complexity index is 587. The molecule has 0 amide bonds. The normalized spacial score (nSPS) is 10.5. The van der Waals surface area contributed by atoms with Crippen LogP contribution in [0.5, 0.6) is 0 Å². The van der Waals surface area contributed by atoms with E-state index in [2.05, 4.69) is 38.1 Å². The van der Waals surface area contributed by atoms with Gasteiger partial charge in [-0.25, -0.2) is 14.4 Å². The van der Waals surface area contributed by atoms with Crippen molar-refractivity contribution in [2.75, 3.05) is 11.9 Å². The highest BCUT2D eigenvalue weighted by atomic mass is 79.9. The Balaban J connectivity index is 2.45. The number of hydrogen-bond acceptors (Lipinski definition) is 3. The molecule has 100 valence electrons. The van der Waals surface area contributed by atoms with Crippen molar-refractivity contribution < 1.29 is 4.39 Å². The maximum Gasteiger partial charge on any atom is 0.223 e. The third-order valence-electron chi connectivity index (χ3n) is 2.71. The fraction of sp³-hybridized carbons (Fsp3) is 0.286. The standard InChI is InChI=1S/C14H15BrFN3/c1-3-7-17-14-18-8-9(2)13(19-14)10-5-4-6-11(15)12(10)16/h4-6,8H,3,7H2,1-2H3,(H,17,18,19). The second kappa shape index (κ2) is 6.10. The van der Waals surface area contributed by atoms with Crippen LogP contribution < -0.4 is 5.32 Å². The highest BCUT2D eigenvalue weighted by Gasteiger charge is 2.13. The lowest BCUT2D eigenvalue weighted by molar-refractivity contribution is 0.624. The number of benzene rings is 1. The predicted octanol–water partition coefficient (Wildman–Crippen LogP) is 4.18. The van der Waals surface area contributed by atoms with Gasteiger partial charge in [-0.1, -0.05) is 13.0 Å². The van der Waals surface area contributed by atoms with Crippen molar-refractivity contribution in [2.45, 2.75) is 20.3 Å². The van der Waals surface area contributed by atoms with Gasteiger partial charge >= 0.3 is 0 Å². The second-order valence-electron chi connectivity index (χ2n) is 4.25. The van der Waals surface area contributed by atoms with E-state index >= 15 is 0 Å². The van der Waals surface area contributed by atoms with E-state index in [0.717, 1.165) is 18.5 Å². The predicted molar refractivity (Wildman–Crippen MR) is 78.6 cm³/mol. The van der Waals surface area contributed by atoms with E-state index in [1.165, 1.54) is 0 Å². The van der Waals surface area contributed by atoms with Crippen LogP contribution in [0.25, 0.3) is 11.3 Å². The Morgan fingerprint density at radius 2 is 2.16 bits per heavy atom. The first-order valence-corrected chi connectivity index (χ1v) is 6.94. The van der Waals surface area contributed by atoms with Crippen molar-refractivity contribution >= 4 is 21.9 Å². The topological polar surface area (TPSA) is 37.8 Å². The van der Waals surface area contributed by atoms with Crippen molar-refractivity contribution in [2.24, 2.45) is 0 Å². The molecule has 0 aliphatic rings. The zero-order valence-electron chi connectivity index (χ0n) is 10.9. The van der Waals surface area contributed by atoms with Crippen molar-refractivity contribution in [3.8, 4) is 11.3 Å². The summed E-state index contributed by atoms with van der Waals surface area (Å²) in [4.78, 5) is 8.60. The maximum atomic E-state index is 14.1. The van der Waals surface area contributed by atoms with E-state index in [0.29, 0.717) is 21.7 Å². The van der Waals surface area contributed by atoms with Gasteiger partial charge in [-0.05, 0) is 47.0 Å². The van der Waals surface area contributed by atoms with E-state index in [9.17, 15) is 4.39 Å². The first-order valence-electron chi connectivity index (χ1n) is 6.15. The fourth-order valence-corrected chi connectivity index (χ4v) is 2.09. The lowest BCUT2D eigenvalue weighted by Gasteiger charge is -2.10. The van der Waals surface area contributed by atoms with Gasteiger partial charge < -0.3 is 5.32 Å². The van der Waals surface area contributed by atoms with Gasteiger partial charge in [0.05, 0.1) is 10.2 Å². The quantitative estimate of drug-likeness (QED) is 0.917. The van der Waals surface area contributed by atoms with E-state index in [1.54, 1.807) is 24.4 Å². The summed E-state index contributed by atoms with van der Waals surface area (Å²) < 4.78 is 14.6. The summed E-state index contributed by atoms with van der Waals surface area (Å²) in [5.41, 5.74) is 1.94. The molecule has 0 saturated carbocycles. The Kier molecular flexibility index (Phi) is 4.47. The van der Waals surface area contributed by atoms with Crippen molar-refractivity contribution in [3.05, 3.63) is 40.2 Å². The Morgan fingerprint density at radius 1 is 1.37 bits per heavy atom. The van der Waals surface area contributed by atoms with Crippen LogP contribution in [-0.4, -0.2) is 16.5 Å². The molecule has 0 aliphatic heterocycles. The lowest BCUT2D eigenvalue weighted by Crippen LogP contribution is -2.06. The number of hydrogen-bond donors (Lipinski definition) is 1. The molecule has 0 bridgehead atoms. The van der Waals surface area contributed by atoms with Crippen molar-refractivity contribution in [1.82, 2.24) is 9.97 Å². The highest BCUT2D eigenvalue weighted by molar-refractivity contribution is 9.10. The summed E-state index contributed by atoms with van der Waals surface area (Å²) in [5, 5.41) is 3.11. The van der Waals surface area contributed by atoms with E-state index in [4.69, 9.17) is 0 Å². The SMILES string of the molecule is CCCNc1ncc(C)c(-c2cccc(Br)c2F)n1. The highest BCUT2D eigenvalue weighted by Crippen LogP contribution is 2.28. The average Bonchev–Trinajstić information content (AvgIpc) is 2.41. The number of aryl methyl sites for hydroxylation is 1. The smallest absolute Gasteiger partial charge is 0.223 e. The van der Waals surface area contributed by atoms with Gasteiger partial charge in [0.15, 0.2) is 0 Å². The molecule has 1 heterocycles. The molecule has 0 unspecified atom stereocenters. The average molecular weight is 324 g/mol. The molecular formula is C14H15BrFN3. The maximum absolute atomic E-state index is 14.1. The van der Waals surface area contributed by atoms with Crippen LogP contribution in [0, 0.1) is 12.7 Å². The van der Waals surface area contributed by atoms with Crippen LogP contribution >= 0.6 is 15.9 Å². The number of aromatic nitrogens is 2. The van der Waals surface area contributed by atoms with Crippen LogP contribution in [0.2, 0.25) is 0 Å². The Morgan fingerprint density at radius 3 is 2.89 bits per heavy atom. The first-order chi connectivity index (χ1) is 9.13. The summed E-state index contributed by atoms with van der Waals surface area (Å²) in [7, 11) is 0. The first kappa shape index (κ1) is 13.9. The Hall–Kier alpha value is -1.49. The van der Waals surface area contributed by atoms with E-state index in [1.807, 2.05) is 6.92 Å². The van der Waals surface area contributed by atoms with Gasteiger partial charge in [-0.2, -0.15) is 0 Å². The van der Waals surface area contributed by atoms with E-state index in [-0.39, 0.29) is 5.82 Å². The molecule has 2 aromatic rings. The molecule has 2 rings (SSSR count). The summed E-state index contributed by atoms with van der Waals surface area (Å²) in [5.74, 6) is 0.229. The minimum Gasteiger partial charge on any atom is -0.354 e. The molecule has 0 fully saturated rings. The van der Waals surface area contributed by atoms with Crippen molar-refractivity contribution in [1.29, 1.82) is 0 Å². The molecule has 0 radical (unpaired) electrons. The van der Waals surface area contributed by atoms with Gasteiger partial charge in [-0.15, -0.1) is 0 Å². The van der Waals surface area contributed by atoms with Crippen molar-refractivity contribution in [3.63, 3.8) is 0 Å². The molecule has 0 atom stereocenters. The third kappa shape index (κ3) is 3.10. The summed E-state index contributed by atoms with van der Waals surface area (Å²) in [6.07, 6.45) is 2.69. The molecule has 0 aliphatic carbocycles. The molecule has 5 heteroatoms. The van der Waals surface area contributed by atoms with Crippen LogP contribution in [-0.2, 0) is 0 Å². The molecular weight excluding hydrogens is 309 g/mol. The number of nitrogens with one attached hydrogen (secondary N) is 1. The molecule has 1 aromatic heterocycles. The molecule has 19 heavy (non-hydrogen) atoms. The van der Waals surface area contributed by atoms with Crippen LogP contribution in [0.1, 0.15) is 18.9 Å².